The van der Waals surface area contributed by atoms with Crippen LogP contribution in [-0.4, -0.2) is 9.91 Å². The third-order valence-corrected chi connectivity index (χ3v) is 2.01. The number of hydrogen-bond donors (Lipinski definition) is 0. The van der Waals surface area contributed by atoms with Crippen LogP contribution in [0.3, 0.4) is 0 Å². The van der Waals surface area contributed by atoms with Crippen LogP contribution in [0.15, 0.2) is 28.2 Å². The summed E-state index contributed by atoms with van der Waals surface area (Å²) < 4.78 is 5.40. The van der Waals surface area contributed by atoms with Gasteiger partial charge in [-0.15, -0.1) is 0 Å². The summed E-state index contributed by atoms with van der Waals surface area (Å²) in [4.78, 5) is 14.3. The molecule has 5 nitrogen and oxygen atoms in total. The van der Waals surface area contributed by atoms with Crippen molar-refractivity contribution in [3.05, 3.63) is 39.8 Å². The van der Waals surface area contributed by atoms with Crippen LogP contribution < -0.4 is 0 Å². The van der Waals surface area contributed by atoms with Crippen LogP contribution in [0, 0.1) is 10.1 Å². The topological polar surface area (TPSA) is 69.2 Å². The van der Waals surface area contributed by atoms with Crippen molar-refractivity contribution in [3.8, 4) is 0 Å². The van der Waals surface area contributed by atoms with Crippen LogP contribution in [0.4, 0.5) is 5.69 Å². The third kappa shape index (κ3) is 1.93. The summed E-state index contributed by atoms with van der Waals surface area (Å²) in [5, 5.41) is 10.6. The molecular formula is C11H10N2O3. The van der Waals surface area contributed by atoms with Gasteiger partial charge in [0.1, 0.15) is 5.52 Å². The first-order chi connectivity index (χ1) is 7.56. The molecule has 0 saturated carbocycles. The quantitative estimate of drug-likeness (QED) is 0.573. The Hall–Kier alpha value is -2.17. The maximum absolute atomic E-state index is 10.6. The van der Waals surface area contributed by atoms with E-state index in [4.69, 9.17) is 4.42 Å². The number of non-ortho nitro benzene ring substituents is 1. The highest BCUT2D eigenvalue weighted by Crippen LogP contribution is 2.22. The molecule has 0 amide bonds. The fourth-order valence-corrected chi connectivity index (χ4v) is 1.36. The molecule has 2 rings (SSSR count). The summed E-state index contributed by atoms with van der Waals surface area (Å²) in [6.45, 7) is 3.86. The van der Waals surface area contributed by atoms with Gasteiger partial charge in [0.15, 0.2) is 5.58 Å². The Morgan fingerprint density at radius 3 is 2.88 bits per heavy atom. The van der Waals surface area contributed by atoms with Crippen molar-refractivity contribution in [2.45, 2.75) is 13.8 Å². The average Bonchev–Trinajstić information content (AvgIpc) is 2.56. The fourth-order valence-electron chi connectivity index (χ4n) is 1.36. The lowest BCUT2D eigenvalue weighted by Gasteiger charge is -1.88. The van der Waals surface area contributed by atoms with Crippen molar-refractivity contribution in [2.75, 3.05) is 0 Å². The predicted molar refractivity (Wildman–Crippen MR) is 60.0 cm³/mol. The summed E-state index contributed by atoms with van der Waals surface area (Å²) in [7, 11) is 0. The second-order valence-electron chi connectivity index (χ2n) is 3.68. The van der Waals surface area contributed by atoms with Gasteiger partial charge < -0.3 is 4.42 Å². The van der Waals surface area contributed by atoms with Crippen LogP contribution >= 0.6 is 0 Å². The standard InChI is InChI=1S/C11H10N2O3/c1-7(2)5-11-12-9-6-8(13(14)15)3-4-10(9)16-11/h3-6H,1-2H3. The molecule has 82 valence electrons. The van der Waals surface area contributed by atoms with Gasteiger partial charge in [-0.2, -0.15) is 0 Å². The maximum atomic E-state index is 10.6. The van der Waals surface area contributed by atoms with E-state index in [0.717, 1.165) is 5.57 Å². The molecule has 0 N–H and O–H groups in total. The van der Waals surface area contributed by atoms with E-state index >= 15 is 0 Å². The Balaban J connectivity index is 2.54. The highest BCUT2D eigenvalue weighted by atomic mass is 16.6. The van der Waals surface area contributed by atoms with E-state index in [1.165, 1.54) is 12.1 Å². The Bertz CT molecular complexity index is 580. The highest BCUT2D eigenvalue weighted by molar-refractivity contribution is 5.76. The normalized spacial score (nSPS) is 10.4. The van der Waals surface area contributed by atoms with Gasteiger partial charge in [-0.1, -0.05) is 5.57 Å². The van der Waals surface area contributed by atoms with E-state index < -0.39 is 4.92 Å². The molecule has 0 aliphatic heterocycles. The number of nitrogens with zero attached hydrogens (tertiary/aromatic N) is 2. The van der Waals surface area contributed by atoms with Crippen LogP contribution in [0.2, 0.25) is 0 Å². The lowest BCUT2D eigenvalue weighted by atomic mass is 10.3. The molecule has 0 spiro atoms. The summed E-state index contributed by atoms with van der Waals surface area (Å²) >= 11 is 0. The van der Waals surface area contributed by atoms with Crippen molar-refractivity contribution in [2.24, 2.45) is 0 Å². The molecule has 16 heavy (non-hydrogen) atoms. The van der Waals surface area contributed by atoms with Crippen LogP contribution in [0.1, 0.15) is 19.7 Å². The molecule has 0 radical (unpaired) electrons. The Morgan fingerprint density at radius 2 is 2.25 bits per heavy atom. The first-order valence-electron chi connectivity index (χ1n) is 4.76. The molecule has 0 atom stereocenters. The van der Waals surface area contributed by atoms with E-state index in [2.05, 4.69) is 4.98 Å². The molecular weight excluding hydrogens is 208 g/mol. The zero-order valence-corrected chi connectivity index (χ0v) is 8.93. The first-order valence-corrected chi connectivity index (χ1v) is 4.76. The largest absolute Gasteiger partial charge is 0.437 e. The van der Waals surface area contributed by atoms with Crippen LogP contribution in [0.5, 0.6) is 0 Å². The molecule has 0 unspecified atom stereocenters. The van der Waals surface area contributed by atoms with E-state index in [0.29, 0.717) is 17.0 Å². The number of oxazole rings is 1. The lowest BCUT2D eigenvalue weighted by molar-refractivity contribution is -0.384. The minimum atomic E-state index is -0.450. The van der Waals surface area contributed by atoms with Crippen molar-refractivity contribution in [1.82, 2.24) is 4.98 Å². The number of fused-ring (bicyclic) bond motifs is 1. The Morgan fingerprint density at radius 1 is 1.50 bits per heavy atom. The van der Waals surface area contributed by atoms with Gasteiger partial charge in [0, 0.05) is 12.1 Å². The number of allylic oxidation sites excluding steroid dienone is 1. The molecule has 1 heterocycles. The summed E-state index contributed by atoms with van der Waals surface area (Å²) in [5.74, 6) is 0.468. The minimum Gasteiger partial charge on any atom is -0.437 e. The number of nitro groups is 1. The monoisotopic (exact) mass is 218 g/mol. The third-order valence-electron chi connectivity index (χ3n) is 2.01. The number of aromatic nitrogens is 1. The zero-order valence-electron chi connectivity index (χ0n) is 8.93. The van der Waals surface area contributed by atoms with Gasteiger partial charge in [0.05, 0.1) is 4.92 Å². The van der Waals surface area contributed by atoms with Gasteiger partial charge in [-0.05, 0) is 26.0 Å². The van der Waals surface area contributed by atoms with E-state index in [1.54, 1.807) is 12.1 Å². The van der Waals surface area contributed by atoms with Crippen LogP contribution in [0.25, 0.3) is 17.2 Å². The second kappa shape index (κ2) is 3.77. The molecule has 0 aliphatic rings. The molecule has 1 aromatic heterocycles. The molecule has 1 aromatic carbocycles. The summed E-state index contributed by atoms with van der Waals surface area (Å²) in [5.41, 5.74) is 2.13. The molecule has 2 aromatic rings. The van der Waals surface area contributed by atoms with Crippen molar-refractivity contribution in [3.63, 3.8) is 0 Å². The van der Waals surface area contributed by atoms with Gasteiger partial charge in [0.2, 0.25) is 5.89 Å². The summed E-state index contributed by atoms with van der Waals surface area (Å²) in [6.07, 6.45) is 1.78. The molecule has 0 fully saturated rings. The number of benzene rings is 1. The Labute approximate surface area is 91.6 Å². The molecule has 0 saturated heterocycles. The SMILES string of the molecule is CC(C)=Cc1nc2cc([N+](=O)[O-])ccc2o1. The zero-order chi connectivity index (χ0) is 11.7. The van der Waals surface area contributed by atoms with Crippen LogP contribution in [-0.2, 0) is 0 Å². The van der Waals surface area contributed by atoms with Gasteiger partial charge in [-0.25, -0.2) is 4.98 Å². The first kappa shape index (κ1) is 10.4. The predicted octanol–water partition coefficient (Wildman–Crippen LogP) is 3.16. The van der Waals surface area contributed by atoms with Crippen molar-refractivity contribution in [1.29, 1.82) is 0 Å². The number of hydrogen-bond acceptors (Lipinski definition) is 4. The number of nitro benzene ring substituents is 1. The number of rotatable bonds is 2. The van der Waals surface area contributed by atoms with Crippen molar-refractivity contribution >= 4 is 22.9 Å². The summed E-state index contributed by atoms with van der Waals surface area (Å²) in [6, 6.07) is 4.36. The van der Waals surface area contributed by atoms with E-state index in [1.807, 2.05) is 13.8 Å². The van der Waals surface area contributed by atoms with Gasteiger partial charge in [-0.3, -0.25) is 10.1 Å². The second-order valence-corrected chi connectivity index (χ2v) is 3.68. The smallest absolute Gasteiger partial charge is 0.271 e. The van der Waals surface area contributed by atoms with Crippen molar-refractivity contribution < 1.29 is 9.34 Å². The van der Waals surface area contributed by atoms with E-state index in [-0.39, 0.29) is 5.69 Å². The highest BCUT2D eigenvalue weighted by Gasteiger charge is 2.10. The van der Waals surface area contributed by atoms with Gasteiger partial charge >= 0.3 is 0 Å². The average molecular weight is 218 g/mol. The fraction of sp³-hybridized carbons (Fsp3) is 0.182. The minimum absolute atomic E-state index is 0.0181. The Kier molecular flexibility index (Phi) is 2.44. The van der Waals surface area contributed by atoms with Gasteiger partial charge in [0.25, 0.3) is 5.69 Å². The molecule has 0 aliphatic carbocycles. The maximum Gasteiger partial charge on any atom is 0.271 e. The lowest BCUT2D eigenvalue weighted by Crippen LogP contribution is -1.86. The molecule has 0 bridgehead atoms. The molecule has 5 heteroatoms. The van der Waals surface area contributed by atoms with E-state index in [9.17, 15) is 10.1 Å².